The van der Waals surface area contributed by atoms with Crippen LogP contribution in [0.5, 0.6) is 0 Å². The van der Waals surface area contributed by atoms with E-state index >= 15 is 0 Å². The van der Waals surface area contributed by atoms with Crippen molar-refractivity contribution in [1.29, 1.82) is 5.26 Å². The van der Waals surface area contributed by atoms with E-state index in [9.17, 15) is 4.79 Å². The summed E-state index contributed by atoms with van der Waals surface area (Å²) in [6, 6.07) is 9.05. The minimum Gasteiger partial charge on any atom is -0.338 e. The van der Waals surface area contributed by atoms with Crippen LogP contribution < -0.4 is 5.32 Å². The van der Waals surface area contributed by atoms with E-state index < -0.39 is 5.37 Å². The molecule has 13 heavy (non-hydrogen) atoms. The SMILES string of the molecule is N#Cc1ccccc1CNC(=O)Cl. The lowest BCUT2D eigenvalue weighted by molar-refractivity contribution is 0.259. The van der Waals surface area contributed by atoms with Gasteiger partial charge in [-0.15, -0.1) is 0 Å². The van der Waals surface area contributed by atoms with Gasteiger partial charge in [-0.05, 0) is 23.2 Å². The molecule has 0 aromatic heterocycles. The van der Waals surface area contributed by atoms with Crippen LogP contribution in [-0.2, 0) is 6.54 Å². The third kappa shape index (κ3) is 2.77. The Hall–Kier alpha value is -1.53. The standard InChI is InChI=1S/C9H7ClN2O/c10-9(13)12-6-8-4-2-1-3-7(8)5-11/h1-4H,6H2,(H,12,13). The first-order valence-corrected chi connectivity index (χ1v) is 4.03. The minimum absolute atomic E-state index is 0.284. The number of amides is 1. The molecule has 0 bridgehead atoms. The highest BCUT2D eigenvalue weighted by atomic mass is 35.5. The highest BCUT2D eigenvalue weighted by Crippen LogP contribution is 2.06. The van der Waals surface area contributed by atoms with Gasteiger partial charge in [0.1, 0.15) is 0 Å². The number of hydrogen-bond donors (Lipinski definition) is 1. The Morgan fingerprint density at radius 3 is 2.85 bits per heavy atom. The zero-order chi connectivity index (χ0) is 9.68. The van der Waals surface area contributed by atoms with Gasteiger partial charge in [0.25, 0.3) is 0 Å². The van der Waals surface area contributed by atoms with Crippen LogP contribution in [0.3, 0.4) is 0 Å². The Balaban J connectivity index is 2.77. The molecule has 0 heterocycles. The number of nitriles is 1. The number of hydrogen-bond acceptors (Lipinski definition) is 2. The lowest BCUT2D eigenvalue weighted by Gasteiger charge is -2.02. The summed E-state index contributed by atoms with van der Waals surface area (Å²) in [4.78, 5) is 10.4. The second-order valence-corrected chi connectivity index (χ2v) is 2.74. The Morgan fingerprint density at radius 2 is 2.23 bits per heavy atom. The van der Waals surface area contributed by atoms with E-state index in [0.29, 0.717) is 5.56 Å². The summed E-state index contributed by atoms with van der Waals surface area (Å²) < 4.78 is 0. The van der Waals surface area contributed by atoms with Crippen LogP contribution >= 0.6 is 11.6 Å². The molecule has 0 saturated carbocycles. The van der Waals surface area contributed by atoms with Gasteiger partial charge in [0.05, 0.1) is 11.6 Å². The average molecular weight is 195 g/mol. The number of benzene rings is 1. The molecule has 0 spiro atoms. The number of carbonyl (C=O) groups is 1. The molecule has 1 aromatic rings. The largest absolute Gasteiger partial charge is 0.338 e. The summed E-state index contributed by atoms with van der Waals surface area (Å²) in [5.41, 5.74) is 1.31. The van der Waals surface area contributed by atoms with Crippen molar-refractivity contribution in [2.24, 2.45) is 0 Å². The van der Waals surface area contributed by atoms with Gasteiger partial charge in [0.15, 0.2) is 0 Å². The highest BCUT2D eigenvalue weighted by molar-refractivity contribution is 6.62. The quantitative estimate of drug-likeness (QED) is 0.578. The normalized spacial score (nSPS) is 8.92. The molecular weight excluding hydrogens is 188 g/mol. The Bertz CT molecular complexity index is 357. The molecule has 0 fully saturated rings. The van der Waals surface area contributed by atoms with E-state index in [1.807, 2.05) is 6.07 Å². The van der Waals surface area contributed by atoms with Gasteiger partial charge in [-0.25, -0.2) is 0 Å². The predicted octanol–water partition coefficient (Wildman–Crippen LogP) is 2.01. The molecule has 0 saturated heterocycles. The third-order valence-electron chi connectivity index (χ3n) is 1.56. The van der Waals surface area contributed by atoms with Gasteiger partial charge in [0, 0.05) is 6.54 Å². The molecule has 0 atom stereocenters. The molecule has 1 N–H and O–H groups in total. The fourth-order valence-electron chi connectivity index (χ4n) is 0.948. The van der Waals surface area contributed by atoms with Crippen LogP contribution in [0.1, 0.15) is 11.1 Å². The second kappa shape index (κ2) is 4.48. The van der Waals surface area contributed by atoms with Crippen molar-refractivity contribution in [3.8, 4) is 6.07 Å². The summed E-state index contributed by atoms with van der Waals surface area (Å²) >= 11 is 5.09. The van der Waals surface area contributed by atoms with E-state index in [1.54, 1.807) is 24.3 Å². The van der Waals surface area contributed by atoms with Gasteiger partial charge in [0.2, 0.25) is 0 Å². The van der Waals surface area contributed by atoms with Crippen LogP contribution in [0, 0.1) is 11.3 Å². The predicted molar refractivity (Wildman–Crippen MR) is 49.2 cm³/mol. The summed E-state index contributed by atoms with van der Waals surface area (Å²) in [6.07, 6.45) is 0. The molecule has 1 rings (SSSR count). The van der Waals surface area contributed by atoms with Crippen LogP contribution in [0.2, 0.25) is 0 Å². The zero-order valence-electron chi connectivity index (χ0n) is 6.75. The highest BCUT2D eigenvalue weighted by Gasteiger charge is 2.00. The maximum Gasteiger partial charge on any atom is 0.314 e. The van der Waals surface area contributed by atoms with Gasteiger partial charge >= 0.3 is 5.37 Å². The summed E-state index contributed by atoms with van der Waals surface area (Å²) in [7, 11) is 0. The van der Waals surface area contributed by atoms with E-state index in [0.717, 1.165) is 5.56 Å². The molecule has 0 aliphatic carbocycles. The van der Waals surface area contributed by atoms with Crippen molar-refractivity contribution >= 4 is 17.0 Å². The molecule has 1 amide bonds. The van der Waals surface area contributed by atoms with Crippen LogP contribution in [0.4, 0.5) is 4.79 Å². The molecular formula is C9H7ClN2O. The molecule has 4 heteroatoms. The first-order valence-electron chi connectivity index (χ1n) is 3.65. The Kier molecular flexibility index (Phi) is 3.30. The minimum atomic E-state index is -0.618. The molecule has 66 valence electrons. The van der Waals surface area contributed by atoms with Crippen LogP contribution in [0.15, 0.2) is 24.3 Å². The molecule has 0 radical (unpaired) electrons. The van der Waals surface area contributed by atoms with Gasteiger partial charge in [-0.2, -0.15) is 5.26 Å². The molecule has 3 nitrogen and oxygen atoms in total. The monoisotopic (exact) mass is 194 g/mol. The van der Waals surface area contributed by atoms with E-state index in [4.69, 9.17) is 16.9 Å². The fraction of sp³-hybridized carbons (Fsp3) is 0.111. The van der Waals surface area contributed by atoms with Crippen molar-refractivity contribution in [2.45, 2.75) is 6.54 Å². The van der Waals surface area contributed by atoms with Crippen molar-refractivity contribution in [3.63, 3.8) is 0 Å². The fourth-order valence-corrected chi connectivity index (χ4v) is 1.02. The van der Waals surface area contributed by atoms with E-state index in [1.165, 1.54) is 0 Å². The number of nitrogens with zero attached hydrogens (tertiary/aromatic N) is 1. The summed E-state index contributed by atoms with van der Waals surface area (Å²) in [5, 5.41) is 10.5. The maximum atomic E-state index is 10.4. The van der Waals surface area contributed by atoms with Gasteiger partial charge in [-0.3, -0.25) is 4.79 Å². The number of halogens is 1. The maximum absolute atomic E-state index is 10.4. The third-order valence-corrected chi connectivity index (χ3v) is 1.69. The summed E-state index contributed by atoms with van der Waals surface area (Å²) in [6.45, 7) is 0.284. The average Bonchev–Trinajstić information content (AvgIpc) is 2.15. The van der Waals surface area contributed by atoms with Gasteiger partial charge in [-0.1, -0.05) is 18.2 Å². The first-order chi connectivity index (χ1) is 6.24. The van der Waals surface area contributed by atoms with Crippen molar-refractivity contribution in [3.05, 3.63) is 35.4 Å². The smallest absolute Gasteiger partial charge is 0.314 e. The topological polar surface area (TPSA) is 52.9 Å². The van der Waals surface area contributed by atoms with Crippen molar-refractivity contribution in [1.82, 2.24) is 5.32 Å². The van der Waals surface area contributed by atoms with E-state index in [-0.39, 0.29) is 6.54 Å². The lowest BCUT2D eigenvalue weighted by Crippen LogP contribution is -2.16. The Morgan fingerprint density at radius 1 is 1.54 bits per heavy atom. The van der Waals surface area contributed by atoms with Crippen molar-refractivity contribution < 1.29 is 4.79 Å². The van der Waals surface area contributed by atoms with Crippen LogP contribution in [0.25, 0.3) is 0 Å². The number of nitrogens with one attached hydrogen (secondary N) is 1. The zero-order valence-corrected chi connectivity index (χ0v) is 7.51. The number of rotatable bonds is 2. The molecule has 1 aromatic carbocycles. The Labute approximate surface area is 80.9 Å². The molecule has 0 aliphatic heterocycles. The number of carbonyl (C=O) groups excluding carboxylic acids is 1. The lowest BCUT2D eigenvalue weighted by atomic mass is 10.1. The summed E-state index contributed by atoms with van der Waals surface area (Å²) in [5.74, 6) is 0. The van der Waals surface area contributed by atoms with Gasteiger partial charge < -0.3 is 5.32 Å². The first kappa shape index (κ1) is 9.56. The van der Waals surface area contributed by atoms with E-state index in [2.05, 4.69) is 5.32 Å². The second-order valence-electron chi connectivity index (χ2n) is 2.40. The molecule has 0 aliphatic rings. The van der Waals surface area contributed by atoms with Crippen LogP contribution in [-0.4, -0.2) is 5.37 Å². The molecule has 0 unspecified atom stereocenters. The van der Waals surface area contributed by atoms with Crippen molar-refractivity contribution in [2.75, 3.05) is 0 Å².